The Kier molecular flexibility index (Phi) is 5.06. The summed E-state index contributed by atoms with van der Waals surface area (Å²) >= 11 is 3.56. The van der Waals surface area contributed by atoms with Crippen molar-refractivity contribution in [2.24, 2.45) is 11.3 Å². The average Bonchev–Trinajstić information content (AvgIpc) is 3.34. The highest BCUT2D eigenvalue weighted by molar-refractivity contribution is 9.10. The monoisotopic (exact) mass is 531 g/mol. The smallest absolute Gasteiger partial charge is 0.264 e. The number of aromatic nitrogens is 2. The predicted molar refractivity (Wildman–Crippen MR) is 128 cm³/mol. The maximum atomic E-state index is 14.4. The van der Waals surface area contributed by atoms with Crippen LogP contribution in [0.5, 0.6) is 0 Å². The van der Waals surface area contributed by atoms with Crippen LogP contribution in [0.2, 0.25) is 0 Å². The van der Waals surface area contributed by atoms with E-state index >= 15 is 0 Å². The second-order valence-corrected chi connectivity index (χ2v) is 12.6. The number of amides is 1. The highest BCUT2D eigenvalue weighted by Gasteiger charge is 2.55. The molecule has 34 heavy (non-hydrogen) atoms. The van der Waals surface area contributed by atoms with Gasteiger partial charge in [-0.15, -0.1) is 0 Å². The highest BCUT2D eigenvalue weighted by atomic mass is 79.9. The number of carbonyl (C=O) groups is 1. The first-order chi connectivity index (χ1) is 16.1. The van der Waals surface area contributed by atoms with Crippen molar-refractivity contribution in [3.63, 3.8) is 0 Å². The number of rotatable bonds is 6. The molecule has 2 bridgehead atoms. The lowest BCUT2D eigenvalue weighted by molar-refractivity contribution is -0.137. The molecule has 5 fully saturated rings. The Morgan fingerprint density at radius 3 is 2.44 bits per heavy atom. The van der Waals surface area contributed by atoms with Crippen LogP contribution in [0.15, 0.2) is 33.3 Å². The summed E-state index contributed by atoms with van der Waals surface area (Å²) in [7, 11) is 0. The summed E-state index contributed by atoms with van der Waals surface area (Å²) in [6.07, 6.45) is 7.73. The minimum absolute atomic E-state index is 0.0519. The molecular formula is C26H31BrFN3O3. The molecule has 0 unspecified atom stereocenters. The van der Waals surface area contributed by atoms with Gasteiger partial charge in [-0.2, -0.15) is 4.98 Å². The zero-order chi connectivity index (χ0) is 23.8. The first kappa shape index (κ1) is 22.7. The van der Waals surface area contributed by atoms with Crippen molar-refractivity contribution in [2.75, 3.05) is 11.4 Å². The second-order valence-electron chi connectivity index (χ2n) is 11.7. The van der Waals surface area contributed by atoms with E-state index in [-0.39, 0.29) is 28.5 Å². The van der Waals surface area contributed by atoms with Gasteiger partial charge >= 0.3 is 0 Å². The third-order valence-electron chi connectivity index (χ3n) is 8.98. The summed E-state index contributed by atoms with van der Waals surface area (Å²) in [4.78, 5) is 20.1. The van der Waals surface area contributed by atoms with Gasteiger partial charge in [-0.3, -0.25) is 4.79 Å². The highest BCUT2D eigenvalue weighted by Crippen LogP contribution is 2.58. The summed E-state index contributed by atoms with van der Waals surface area (Å²) < 4.78 is 20.7. The molecule has 5 aliphatic rings. The van der Waals surface area contributed by atoms with E-state index < -0.39 is 11.3 Å². The molecule has 0 radical (unpaired) electrons. The number of fused-ring (bicyclic) bond motifs is 3. The Bertz CT molecular complexity index is 1100. The van der Waals surface area contributed by atoms with Crippen LogP contribution in [0.1, 0.15) is 82.8 Å². The van der Waals surface area contributed by atoms with Crippen LogP contribution in [0.4, 0.5) is 10.1 Å². The van der Waals surface area contributed by atoms with E-state index in [1.165, 1.54) is 0 Å². The summed E-state index contributed by atoms with van der Waals surface area (Å²) in [6, 6.07) is 7.94. The third-order valence-corrected chi connectivity index (χ3v) is 9.47. The van der Waals surface area contributed by atoms with E-state index in [1.807, 2.05) is 29.2 Å². The van der Waals surface area contributed by atoms with Gasteiger partial charge in [0.25, 0.3) is 5.89 Å². The van der Waals surface area contributed by atoms with Crippen LogP contribution < -0.4 is 4.90 Å². The molecule has 0 atom stereocenters. The van der Waals surface area contributed by atoms with Crippen LogP contribution >= 0.6 is 15.9 Å². The Morgan fingerprint density at radius 2 is 1.85 bits per heavy atom. The van der Waals surface area contributed by atoms with Crippen LogP contribution in [0.3, 0.4) is 0 Å². The van der Waals surface area contributed by atoms with Crippen molar-refractivity contribution < 1.29 is 18.8 Å². The molecule has 1 aromatic heterocycles. The Balaban J connectivity index is 1.21. The normalized spacial score (nSPS) is 35.6. The van der Waals surface area contributed by atoms with Crippen molar-refractivity contribution in [3.8, 4) is 0 Å². The van der Waals surface area contributed by atoms with Crippen LogP contribution in [-0.2, 0) is 15.9 Å². The zero-order valence-corrected chi connectivity index (χ0v) is 21.1. The van der Waals surface area contributed by atoms with E-state index in [0.29, 0.717) is 38.1 Å². The summed E-state index contributed by atoms with van der Waals surface area (Å²) in [5.74, 6) is 0.810. The first-order valence-corrected chi connectivity index (χ1v) is 13.2. The van der Waals surface area contributed by atoms with Gasteiger partial charge in [-0.1, -0.05) is 27.2 Å². The van der Waals surface area contributed by atoms with Crippen molar-refractivity contribution in [3.05, 3.63) is 40.5 Å². The van der Waals surface area contributed by atoms with Gasteiger partial charge in [-0.05, 0) is 94.7 Å². The molecule has 1 aromatic carbocycles. The maximum Gasteiger partial charge on any atom is 0.264 e. The van der Waals surface area contributed by atoms with Gasteiger partial charge in [0, 0.05) is 28.0 Å². The average molecular weight is 532 g/mol. The number of carbonyl (C=O) groups excluding carboxylic acids is 1. The number of benzene rings is 1. The summed E-state index contributed by atoms with van der Waals surface area (Å²) in [6.45, 7) is 2.49. The van der Waals surface area contributed by atoms with Gasteiger partial charge in [0.1, 0.15) is 0 Å². The standard InChI is InChI=1S/C26H31BrFN3O3/c1-23(33)14-17(15-23)20(32)31(19-4-2-3-18(27)13-19)16-24-5-8-25(9-6-24,10-7-24)21-29-22(34-30-21)26(28)11-12-26/h2-4,13,17,33H,5-12,14-16H2,1H3/t17-,23+,24?,25?. The largest absolute Gasteiger partial charge is 0.390 e. The lowest BCUT2D eigenvalue weighted by Gasteiger charge is -2.54. The molecule has 1 N–H and O–H groups in total. The Labute approximate surface area is 207 Å². The van der Waals surface area contributed by atoms with Crippen molar-refractivity contribution in [1.29, 1.82) is 0 Å². The molecule has 182 valence electrons. The number of aliphatic hydroxyl groups is 1. The number of nitrogens with zero attached hydrogens (tertiary/aromatic N) is 3. The van der Waals surface area contributed by atoms with Crippen LogP contribution in [-0.4, -0.2) is 33.3 Å². The van der Waals surface area contributed by atoms with Crippen molar-refractivity contribution >= 4 is 27.5 Å². The van der Waals surface area contributed by atoms with Gasteiger partial charge < -0.3 is 14.5 Å². The molecule has 1 heterocycles. The summed E-state index contributed by atoms with van der Waals surface area (Å²) in [5, 5.41) is 14.4. The SMILES string of the molecule is C[C@]1(O)C[C@@H](C(=O)N(CC23CCC(c4noc(C5(F)CC5)n4)(CC2)CC3)c2cccc(Br)c2)C1. The minimum atomic E-state index is -1.40. The van der Waals surface area contributed by atoms with E-state index in [9.17, 15) is 14.3 Å². The quantitative estimate of drug-likeness (QED) is 0.526. The fraction of sp³-hybridized carbons (Fsp3) is 0.654. The molecule has 5 aliphatic carbocycles. The molecular weight excluding hydrogens is 501 g/mol. The fourth-order valence-electron chi connectivity index (χ4n) is 6.45. The molecule has 0 aliphatic heterocycles. The molecule has 7 rings (SSSR count). The van der Waals surface area contributed by atoms with E-state index in [0.717, 1.165) is 48.7 Å². The van der Waals surface area contributed by atoms with Gasteiger partial charge in [0.05, 0.1) is 5.60 Å². The predicted octanol–water partition coefficient (Wildman–Crippen LogP) is 5.58. The Hall–Kier alpha value is -1.80. The lowest BCUT2D eigenvalue weighted by atomic mass is 9.53. The van der Waals surface area contributed by atoms with Gasteiger partial charge in [-0.25, -0.2) is 4.39 Å². The van der Waals surface area contributed by atoms with E-state index in [4.69, 9.17) is 4.52 Å². The fourth-order valence-corrected chi connectivity index (χ4v) is 6.84. The first-order valence-electron chi connectivity index (χ1n) is 12.4. The number of hydrogen-bond donors (Lipinski definition) is 1. The van der Waals surface area contributed by atoms with Crippen LogP contribution in [0, 0.1) is 11.3 Å². The number of alkyl halides is 1. The topological polar surface area (TPSA) is 79.5 Å². The zero-order valence-electron chi connectivity index (χ0n) is 19.5. The van der Waals surface area contributed by atoms with Crippen molar-refractivity contribution in [2.45, 2.75) is 87.8 Å². The molecule has 1 amide bonds. The maximum absolute atomic E-state index is 14.4. The molecule has 0 spiro atoms. The van der Waals surface area contributed by atoms with Crippen LogP contribution in [0.25, 0.3) is 0 Å². The molecule has 0 saturated heterocycles. The number of anilines is 1. The second kappa shape index (κ2) is 7.60. The van der Waals surface area contributed by atoms with Gasteiger partial charge in [0.15, 0.2) is 11.5 Å². The molecule has 6 nitrogen and oxygen atoms in total. The molecule has 2 aromatic rings. The Morgan fingerprint density at radius 1 is 1.18 bits per heavy atom. The number of hydrogen-bond acceptors (Lipinski definition) is 5. The van der Waals surface area contributed by atoms with E-state index in [2.05, 4.69) is 26.1 Å². The minimum Gasteiger partial charge on any atom is -0.390 e. The third kappa shape index (κ3) is 3.81. The van der Waals surface area contributed by atoms with Gasteiger partial charge in [0.2, 0.25) is 5.91 Å². The summed E-state index contributed by atoms with van der Waals surface area (Å²) in [5.41, 5.74) is -1.31. The number of halogens is 2. The lowest BCUT2D eigenvalue weighted by Crippen LogP contribution is -2.54. The van der Waals surface area contributed by atoms with Crippen molar-refractivity contribution in [1.82, 2.24) is 10.1 Å². The molecule has 5 saturated carbocycles. The molecule has 8 heteroatoms. The van der Waals surface area contributed by atoms with E-state index in [1.54, 1.807) is 6.92 Å².